The van der Waals surface area contributed by atoms with Gasteiger partial charge in [-0.15, -0.1) is 0 Å². The number of thioether (sulfide) groups is 1. The largest absolute Gasteiger partial charge is 0.463 e. The highest BCUT2D eigenvalue weighted by atomic mass is 32.2. The van der Waals surface area contributed by atoms with Crippen molar-refractivity contribution in [3.05, 3.63) is 41.5 Å². The van der Waals surface area contributed by atoms with Crippen molar-refractivity contribution in [2.45, 2.75) is 43.7 Å². The number of nitrogens with one attached hydrogen (secondary N) is 1. The lowest BCUT2D eigenvalue weighted by Gasteiger charge is -2.18. The van der Waals surface area contributed by atoms with Crippen molar-refractivity contribution in [1.29, 1.82) is 0 Å². The first-order chi connectivity index (χ1) is 15.7. The minimum absolute atomic E-state index is 0.0151. The monoisotopic (exact) mass is 502 g/mol. The molecule has 1 N–H and O–H groups in total. The molecule has 0 saturated carbocycles. The first kappa shape index (κ1) is 25.1. The Balaban J connectivity index is 1.84. The predicted molar refractivity (Wildman–Crippen MR) is 118 cm³/mol. The van der Waals surface area contributed by atoms with E-state index in [0.29, 0.717) is 13.1 Å². The molecule has 1 fully saturated rings. The third kappa shape index (κ3) is 6.74. The van der Waals surface area contributed by atoms with Crippen LogP contribution in [0.3, 0.4) is 0 Å². The summed E-state index contributed by atoms with van der Waals surface area (Å²) in [7, 11) is -3.85. The van der Waals surface area contributed by atoms with Crippen LogP contribution in [0, 0.1) is 11.6 Å². The predicted octanol–water partition coefficient (Wildman–Crippen LogP) is 3.13. The van der Waals surface area contributed by atoms with Crippen LogP contribution in [-0.2, 0) is 25.5 Å². The molecule has 0 aliphatic carbocycles. The van der Waals surface area contributed by atoms with Crippen LogP contribution in [0.25, 0.3) is 0 Å². The summed E-state index contributed by atoms with van der Waals surface area (Å²) in [4.78, 5) is 20.2. The third-order valence-corrected chi connectivity index (χ3v) is 7.03. The summed E-state index contributed by atoms with van der Waals surface area (Å²) in [5.74, 6) is -2.75. The van der Waals surface area contributed by atoms with Crippen molar-refractivity contribution >= 4 is 33.8 Å². The van der Waals surface area contributed by atoms with E-state index in [1.165, 1.54) is 29.4 Å². The Bertz CT molecular complexity index is 1100. The van der Waals surface area contributed by atoms with Crippen molar-refractivity contribution in [1.82, 2.24) is 14.3 Å². The van der Waals surface area contributed by atoms with Crippen LogP contribution in [0.4, 0.5) is 14.6 Å². The van der Waals surface area contributed by atoms with Crippen molar-refractivity contribution in [2.24, 2.45) is 0 Å². The Labute approximate surface area is 195 Å². The zero-order chi connectivity index (χ0) is 24.0. The first-order valence-electron chi connectivity index (χ1n) is 10.3. The Morgan fingerprint density at radius 3 is 2.70 bits per heavy atom. The standard InChI is InChI=1S/C20H24F2N4O5S2/c1-3-30-19(27)13(2)31-17-11-16(25-33(28,29)26-9-4-5-10-26)23-20(24-17)32-12-14-7-6-8-15(21)18(14)22/h6-8,11,13H,3-5,9-10,12H2,1-2H3,(H,23,24,25). The highest BCUT2D eigenvalue weighted by Crippen LogP contribution is 2.27. The second-order valence-electron chi connectivity index (χ2n) is 7.10. The molecule has 0 spiro atoms. The number of nitrogens with zero attached hydrogens (tertiary/aromatic N) is 3. The minimum atomic E-state index is -3.85. The molecule has 3 rings (SSSR count). The van der Waals surface area contributed by atoms with Crippen molar-refractivity contribution in [2.75, 3.05) is 24.4 Å². The number of carbonyl (C=O) groups excluding carboxylic acids is 1. The molecule has 2 aromatic rings. The van der Waals surface area contributed by atoms with E-state index in [9.17, 15) is 22.0 Å². The van der Waals surface area contributed by atoms with Gasteiger partial charge in [-0.2, -0.15) is 17.7 Å². The summed E-state index contributed by atoms with van der Waals surface area (Å²) >= 11 is 0.955. The van der Waals surface area contributed by atoms with Gasteiger partial charge < -0.3 is 9.47 Å². The smallest absolute Gasteiger partial charge is 0.347 e. The zero-order valence-electron chi connectivity index (χ0n) is 18.1. The van der Waals surface area contributed by atoms with E-state index in [0.717, 1.165) is 30.7 Å². The maximum atomic E-state index is 14.0. The highest BCUT2D eigenvalue weighted by molar-refractivity contribution is 7.98. The molecule has 0 radical (unpaired) electrons. The maximum absolute atomic E-state index is 14.0. The number of ether oxygens (including phenoxy) is 2. The van der Waals surface area contributed by atoms with Gasteiger partial charge in [-0.1, -0.05) is 23.9 Å². The average Bonchev–Trinajstić information content (AvgIpc) is 3.30. The van der Waals surface area contributed by atoms with E-state index in [2.05, 4.69) is 14.7 Å². The molecule has 13 heteroatoms. The molecular weight excluding hydrogens is 478 g/mol. The van der Waals surface area contributed by atoms with Gasteiger partial charge in [-0.25, -0.2) is 18.6 Å². The van der Waals surface area contributed by atoms with E-state index in [1.54, 1.807) is 6.92 Å². The van der Waals surface area contributed by atoms with Crippen LogP contribution in [0.5, 0.6) is 5.88 Å². The van der Waals surface area contributed by atoms with Gasteiger partial charge >= 0.3 is 16.2 Å². The molecule has 1 aliphatic rings. The summed E-state index contributed by atoms with van der Waals surface area (Å²) in [5, 5.41) is 0.0475. The van der Waals surface area contributed by atoms with Gasteiger partial charge in [0.15, 0.2) is 22.9 Å². The van der Waals surface area contributed by atoms with Crippen LogP contribution >= 0.6 is 11.8 Å². The quantitative estimate of drug-likeness (QED) is 0.300. The molecule has 180 valence electrons. The van der Waals surface area contributed by atoms with E-state index in [1.807, 2.05) is 0 Å². The normalized spacial score (nSPS) is 15.3. The number of rotatable bonds is 10. The van der Waals surface area contributed by atoms with Crippen LogP contribution in [0.15, 0.2) is 29.4 Å². The summed E-state index contributed by atoms with van der Waals surface area (Å²) in [6.45, 7) is 4.07. The van der Waals surface area contributed by atoms with E-state index in [-0.39, 0.29) is 34.8 Å². The van der Waals surface area contributed by atoms with Crippen LogP contribution in [0.2, 0.25) is 0 Å². The van der Waals surface area contributed by atoms with Crippen LogP contribution < -0.4 is 9.46 Å². The van der Waals surface area contributed by atoms with Gasteiger partial charge in [-0.3, -0.25) is 4.72 Å². The third-order valence-electron chi connectivity index (χ3n) is 4.63. The molecule has 1 aliphatic heterocycles. The lowest BCUT2D eigenvalue weighted by Crippen LogP contribution is -2.33. The van der Waals surface area contributed by atoms with Gasteiger partial charge in [0.25, 0.3) is 0 Å². The number of halogens is 2. The first-order valence-corrected chi connectivity index (χ1v) is 12.7. The zero-order valence-corrected chi connectivity index (χ0v) is 19.7. The lowest BCUT2D eigenvalue weighted by molar-refractivity contribution is -0.150. The van der Waals surface area contributed by atoms with E-state index < -0.39 is 33.9 Å². The molecule has 1 saturated heterocycles. The SMILES string of the molecule is CCOC(=O)C(C)Oc1cc(NS(=O)(=O)N2CCCC2)nc(SCc2cccc(F)c2F)n1. The number of aromatic nitrogens is 2. The van der Waals surface area contributed by atoms with Gasteiger partial charge in [0.1, 0.15) is 5.82 Å². The molecule has 0 bridgehead atoms. The number of esters is 1. The minimum Gasteiger partial charge on any atom is -0.463 e. The molecule has 2 heterocycles. The van der Waals surface area contributed by atoms with Crippen molar-refractivity contribution < 1.29 is 31.5 Å². The van der Waals surface area contributed by atoms with Crippen molar-refractivity contribution in [3.8, 4) is 5.88 Å². The number of carbonyl (C=O) groups is 1. The molecule has 1 aromatic heterocycles. The Morgan fingerprint density at radius 2 is 2.00 bits per heavy atom. The van der Waals surface area contributed by atoms with Gasteiger partial charge in [0, 0.05) is 30.5 Å². The summed E-state index contributed by atoms with van der Waals surface area (Å²) < 4.78 is 66.9. The summed E-state index contributed by atoms with van der Waals surface area (Å²) in [6.07, 6.45) is 0.508. The van der Waals surface area contributed by atoms with Crippen molar-refractivity contribution in [3.63, 3.8) is 0 Å². The molecule has 1 unspecified atom stereocenters. The second-order valence-corrected chi connectivity index (χ2v) is 9.71. The van der Waals surface area contributed by atoms with E-state index in [4.69, 9.17) is 9.47 Å². The fourth-order valence-corrected chi connectivity index (χ4v) is 5.06. The number of benzene rings is 1. The lowest BCUT2D eigenvalue weighted by atomic mass is 10.2. The summed E-state index contributed by atoms with van der Waals surface area (Å²) in [5.41, 5.74) is 0.0917. The fourth-order valence-electron chi connectivity index (χ4n) is 3.00. The number of anilines is 1. The van der Waals surface area contributed by atoms with Gasteiger partial charge in [0.05, 0.1) is 6.61 Å². The Kier molecular flexibility index (Phi) is 8.43. The van der Waals surface area contributed by atoms with Crippen LogP contribution in [0.1, 0.15) is 32.3 Å². The Hall–Kier alpha value is -2.51. The average molecular weight is 503 g/mol. The second kappa shape index (κ2) is 11.1. The molecule has 0 amide bonds. The maximum Gasteiger partial charge on any atom is 0.347 e. The number of hydrogen-bond acceptors (Lipinski definition) is 8. The molecule has 33 heavy (non-hydrogen) atoms. The van der Waals surface area contributed by atoms with Crippen LogP contribution in [-0.4, -0.2) is 54.5 Å². The molecule has 9 nitrogen and oxygen atoms in total. The van der Waals surface area contributed by atoms with Gasteiger partial charge in [-0.05, 0) is 32.8 Å². The molecular formula is C20H24F2N4O5S2. The fraction of sp³-hybridized carbons (Fsp3) is 0.450. The summed E-state index contributed by atoms with van der Waals surface area (Å²) in [6, 6.07) is 5.06. The highest BCUT2D eigenvalue weighted by Gasteiger charge is 2.26. The topological polar surface area (TPSA) is 111 Å². The van der Waals surface area contributed by atoms with E-state index >= 15 is 0 Å². The number of hydrogen-bond donors (Lipinski definition) is 1. The van der Waals surface area contributed by atoms with Gasteiger partial charge in [0.2, 0.25) is 5.88 Å². The molecule has 1 aromatic carbocycles. The Morgan fingerprint density at radius 1 is 1.27 bits per heavy atom. The molecule has 1 atom stereocenters.